The molecular formula is C23H28N4O3S. The lowest BCUT2D eigenvalue weighted by atomic mass is 9.98. The highest BCUT2D eigenvalue weighted by atomic mass is 32.1. The molecule has 3 aromatic rings. The van der Waals surface area contributed by atoms with Crippen LogP contribution in [0, 0.1) is 5.92 Å². The van der Waals surface area contributed by atoms with E-state index in [0.717, 1.165) is 41.6 Å². The summed E-state index contributed by atoms with van der Waals surface area (Å²) in [5.74, 6) is 2.10. The van der Waals surface area contributed by atoms with Crippen LogP contribution in [0.3, 0.4) is 0 Å². The number of methoxy groups -OCH3 is 1. The molecular weight excluding hydrogens is 412 g/mol. The smallest absolute Gasteiger partial charge is 0.193 e. The predicted molar refractivity (Wildman–Crippen MR) is 124 cm³/mol. The van der Waals surface area contributed by atoms with Crippen LogP contribution >= 0.6 is 12.6 Å². The molecule has 31 heavy (non-hydrogen) atoms. The van der Waals surface area contributed by atoms with Gasteiger partial charge in [-0.3, -0.25) is 4.57 Å². The van der Waals surface area contributed by atoms with Gasteiger partial charge < -0.3 is 20.3 Å². The number of anilines is 1. The molecule has 0 bridgehead atoms. The largest absolute Gasteiger partial charge is 0.508 e. The van der Waals surface area contributed by atoms with Crippen molar-refractivity contribution in [3.63, 3.8) is 0 Å². The Morgan fingerprint density at radius 1 is 1.16 bits per heavy atom. The van der Waals surface area contributed by atoms with Gasteiger partial charge in [0.1, 0.15) is 17.2 Å². The fraction of sp³-hybridized carbons (Fsp3) is 0.391. The number of benzene rings is 2. The molecule has 0 unspecified atom stereocenters. The molecule has 1 aromatic heterocycles. The van der Waals surface area contributed by atoms with Gasteiger partial charge in [0.15, 0.2) is 11.0 Å². The monoisotopic (exact) mass is 440 g/mol. The molecule has 0 radical (unpaired) electrons. The van der Waals surface area contributed by atoms with E-state index in [-0.39, 0.29) is 17.4 Å². The zero-order chi connectivity index (χ0) is 22.1. The van der Waals surface area contributed by atoms with Crippen LogP contribution in [0.15, 0.2) is 35.5 Å². The fourth-order valence-corrected chi connectivity index (χ4v) is 3.97. The third-order valence-electron chi connectivity index (χ3n) is 5.66. The summed E-state index contributed by atoms with van der Waals surface area (Å²) in [5.41, 5.74) is 2.87. The number of aromatic hydroxyl groups is 2. The van der Waals surface area contributed by atoms with Gasteiger partial charge in [0.25, 0.3) is 0 Å². The Labute approximate surface area is 187 Å². The molecule has 7 nitrogen and oxygen atoms in total. The first kappa shape index (κ1) is 21.4. The van der Waals surface area contributed by atoms with Gasteiger partial charge in [-0.25, -0.2) is 0 Å². The minimum atomic E-state index is -0.0693. The van der Waals surface area contributed by atoms with Crippen LogP contribution in [-0.2, 0) is 0 Å². The van der Waals surface area contributed by atoms with Crippen LogP contribution in [0.2, 0.25) is 0 Å². The zero-order valence-electron chi connectivity index (χ0n) is 18.0. The van der Waals surface area contributed by atoms with E-state index >= 15 is 0 Å². The Morgan fingerprint density at radius 2 is 1.94 bits per heavy atom. The van der Waals surface area contributed by atoms with Crippen LogP contribution in [0.1, 0.15) is 44.6 Å². The van der Waals surface area contributed by atoms with Gasteiger partial charge in [-0.05, 0) is 48.1 Å². The number of ether oxygens (including phenoxy) is 1. The molecule has 0 aliphatic heterocycles. The van der Waals surface area contributed by atoms with Crippen LogP contribution in [-0.4, -0.2) is 38.6 Å². The lowest BCUT2D eigenvalue weighted by molar-refractivity contribution is 0.416. The number of nitrogens with one attached hydrogen (secondary N) is 1. The number of nitrogens with zero attached hydrogens (tertiary/aromatic N) is 3. The molecule has 0 saturated heterocycles. The fourth-order valence-electron chi connectivity index (χ4n) is 3.71. The maximum absolute atomic E-state index is 10.5. The second kappa shape index (κ2) is 8.70. The lowest BCUT2D eigenvalue weighted by Gasteiger charge is -2.16. The Balaban J connectivity index is 1.75. The summed E-state index contributed by atoms with van der Waals surface area (Å²) in [6, 6.07) is 8.86. The summed E-state index contributed by atoms with van der Waals surface area (Å²) in [6.45, 7) is 4.84. The van der Waals surface area contributed by atoms with Crippen LogP contribution in [0.5, 0.6) is 17.2 Å². The number of thiol groups is 1. The van der Waals surface area contributed by atoms with Gasteiger partial charge in [0, 0.05) is 12.6 Å². The van der Waals surface area contributed by atoms with Gasteiger partial charge in [-0.2, -0.15) is 0 Å². The average Bonchev–Trinajstić information content (AvgIpc) is 3.48. The summed E-state index contributed by atoms with van der Waals surface area (Å²) in [5, 5.41) is 33.0. The number of hydrogen-bond donors (Lipinski definition) is 4. The van der Waals surface area contributed by atoms with Crippen molar-refractivity contribution in [2.45, 2.75) is 44.2 Å². The summed E-state index contributed by atoms with van der Waals surface area (Å²) >= 11 is 4.50. The Hall–Kier alpha value is -2.87. The van der Waals surface area contributed by atoms with Crippen molar-refractivity contribution in [3.05, 3.63) is 35.9 Å². The maximum Gasteiger partial charge on any atom is 0.193 e. The van der Waals surface area contributed by atoms with Crippen molar-refractivity contribution < 1.29 is 14.9 Å². The van der Waals surface area contributed by atoms with Crippen LogP contribution < -0.4 is 10.1 Å². The molecule has 3 N–H and O–H groups in total. The van der Waals surface area contributed by atoms with Crippen molar-refractivity contribution in [3.8, 4) is 34.3 Å². The van der Waals surface area contributed by atoms with Crippen molar-refractivity contribution in [2.75, 3.05) is 19.0 Å². The molecule has 0 atom stereocenters. The average molecular weight is 441 g/mol. The second-order valence-electron chi connectivity index (χ2n) is 8.29. The van der Waals surface area contributed by atoms with E-state index in [1.54, 1.807) is 17.7 Å². The minimum absolute atomic E-state index is 0.0556. The molecule has 1 fully saturated rings. The van der Waals surface area contributed by atoms with Gasteiger partial charge in [0.2, 0.25) is 0 Å². The first-order valence-electron chi connectivity index (χ1n) is 10.5. The number of hydrogen-bond acceptors (Lipinski definition) is 7. The van der Waals surface area contributed by atoms with Gasteiger partial charge in [0.05, 0.1) is 24.0 Å². The summed E-state index contributed by atoms with van der Waals surface area (Å²) in [6.07, 6.45) is 3.78. The summed E-state index contributed by atoms with van der Waals surface area (Å²) < 4.78 is 7.29. The van der Waals surface area contributed by atoms with Crippen LogP contribution in [0.4, 0.5) is 5.69 Å². The molecule has 2 aromatic carbocycles. The van der Waals surface area contributed by atoms with Gasteiger partial charge in [-0.1, -0.05) is 26.7 Å². The molecule has 4 rings (SSSR count). The molecule has 164 valence electrons. The highest BCUT2D eigenvalue weighted by molar-refractivity contribution is 7.80. The number of aromatic nitrogens is 3. The standard InChI is InChI=1S/C23H28N4O3S/c1-13(2)16-11-17(20(29)12-19(16)28)22-25-26-23(31)27(22)15-6-7-21(30-3)18(10-15)24-9-8-14-4-5-14/h6-7,10-14,24,28-29H,4-5,8-9H2,1-3H3,(H,26,31). The topological polar surface area (TPSA) is 92.4 Å². The van der Waals surface area contributed by atoms with E-state index in [1.807, 2.05) is 32.0 Å². The van der Waals surface area contributed by atoms with E-state index in [0.29, 0.717) is 16.5 Å². The Bertz CT molecular complexity index is 1090. The molecule has 8 heteroatoms. The SMILES string of the molecule is COc1ccc(-n2c(S)nnc2-c2cc(C(C)C)c(O)cc2O)cc1NCCC1CC1. The maximum atomic E-state index is 10.5. The van der Waals surface area contributed by atoms with E-state index in [4.69, 9.17) is 4.74 Å². The van der Waals surface area contributed by atoms with E-state index < -0.39 is 0 Å². The molecule has 0 spiro atoms. The molecule has 1 aliphatic rings. The third-order valence-corrected chi connectivity index (χ3v) is 5.95. The molecule has 0 amide bonds. The van der Waals surface area contributed by atoms with E-state index in [9.17, 15) is 10.2 Å². The molecule has 1 aliphatic carbocycles. The van der Waals surface area contributed by atoms with Crippen molar-refractivity contribution >= 4 is 18.3 Å². The summed E-state index contributed by atoms with van der Waals surface area (Å²) in [7, 11) is 1.65. The highest BCUT2D eigenvalue weighted by Gasteiger charge is 2.22. The predicted octanol–water partition coefficient (Wildman–Crippen LogP) is 4.98. The quantitative estimate of drug-likeness (QED) is 0.369. The normalized spacial score (nSPS) is 13.6. The Morgan fingerprint density at radius 3 is 2.61 bits per heavy atom. The number of phenolic OH excluding ortho intramolecular Hbond substituents is 2. The van der Waals surface area contributed by atoms with Crippen molar-refractivity contribution in [2.24, 2.45) is 5.92 Å². The van der Waals surface area contributed by atoms with Gasteiger partial charge >= 0.3 is 0 Å². The van der Waals surface area contributed by atoms with E-state index in [1.165, 1.54) is 18.9 Å². The highest BCUT2D eigenvalue weighted by Crippen LogP contribution is 2.39. The zero-order valence-corrected chi connectivity index (χ0v) is 18.9. The first-order valence-corrected chi connectivity index (χ1v) is 11.0. The second-order valence-corrected chi connectivity index (χ2v) is 8.69. The Kier molecular flexibility index (Phi) is 6.00. The number of rotatable bonds is 8. The van der Waals surface area contributed by atoms with Crippen molar-refractivity contribution in [1.82, 2.24) is 14.8 Å². The van der Waals surface area contributed by atoms with Crippen molar-refractivity contribution in [1.29, 1.82) is 0 Å². The number of phenols is 2. The summed E-state index contributed by atoms with van der Waals surface area (Å²) in [4.78, 5) is 0. The van der Waals surface area contributed by atoms with Gasteiger partial charge in [-0.15, -0.1) is 22.8 Å². The first-order chi connectivity index (χ1) is 14.9. The molecule has 1 saturated carbocycles. The van der Waals surface area contributed by atoms with E-state index in [2.05, 4.69) is 28.1 Å². The molecule has 1 heterocycles. The third kappa shape index (κ3) is 4.44. The van der Waals surface area contributed by atoms with Crippen LogP contribution in [0.25, 0.3) is 17.1 Å². The lowest BCUT2D eigenvalue weighted by Crippen LogP contribution is -2.06. The minimum Gasteiger partial charge on any atom is -0.508 e.